The molecule has 0 atom stereocenters. The van der Waals surface area contributed by atoms with Gasteiger partial charge in [0.05, 0.1) is 12.0 Å². The highest BCUT2D eigenvalue weighted by molar-refractivity contribution is 7.90. The van der Waals surface area contributed by atoms with Crippen LogP contribution < -0.4 is 14.8 Å². The number of hydrogen-bond donors (Lipinski definition) is 1. The summed E-state index contributed by atoms with van der Waals surface area (Å²) in [7, 11) is -2.07. The van der Waals surface area contributed by atoms with E-state index in [0.717, 1.165) is 11.8 Å². The van der Waals surface area contributed by atoms with Crippen molar-refractivity contribution in [3.8, 4) is 11.5 Å². The number of amides is 1. The molecule has 0 bridgehead atoms. The van der Waals surface area contributed by atoms with Gasteiger partial charge in [-0.3, -0.25) is 4.79 Å². The number of carbonyl (C=O) groups excluding carboxylic acids is 1. The molecule has 9 heteroatoms. The summed E-state index contributed by atoms with van der Waals surface area (Å²) in [6.07, 6.45) is 1.50. The first kappa shape index (κ1) is 21.6. The first-order chi connectivity index (χ1) is 13.1. The van der Waals surface area contributed by atoms with Gasteiger partial charge in [0.2, 0.25) is 0 Å². The molecule has 0 saturated carbocycles. The largest absolute Gasteiger partial charge is 0.493 e. The Morgan fingerprint density at radius 3 is 2.46 bits per heavy atom. The van der Waals surface area contributed by atoms with Crippen LogP contribution in [0.2, 0.25) is 0 Å². The predicted molar refractivity (Wildman–Crippen MR) is 100.0 cm³/mol. The van der Waals surface area contributed by atoms with E-state index in [2.05, 4.69) is 10.1 Å². The molecule has 0 unspecified atom stereocenters. The number of nitrogens with one attached hydrogen (secondary N) is 1. The Balaban J connectivity index is 2.04. The molecule has 1 N–H and O–H groups in total. The maximum atomic E-state index is 12.4. The van der Waals surface area contributed by atoms with Crippen LogP contribution in [-0.2, 0) is 16.3 Å². The highest BCUT2D eigenvalue weighted by Crippen LogP contribution is 2.29. The lowest BCUT2D eigenvalue weighted by Crippen LogP contribution is -2.26. The Morgan fingerprint density at radius 2 is 1.86 bits per heavy atom. The second-order valence-electron chi connectivity index (χ2n) is 6.12. The average molecular weight is 413 g/mol. The summed E-state index contributed by atoms with van der Waals surface area (Å²) in [5.74, 6) is -0.299. The number of ether oxygens (including phenoxy) is 2. The van der Waals surface area contributed by atoms with Gasteiger partial charge >= 0.3 is 6.61 Å². The molecule has 6 nitrogen and oxygen atoms in total. The van der Waals surface area contributed by atoms with Gasteiger partial charge in [-0.15, -0.1) is 0 Å². The van der Waals surface area contributed by atoms with Gasteiger partial charge in [0.15, 0.2) is 21.3 Å². The Labute approximate surface area is 162 Å². The topological polar surface area (TPSA) is 81.7 Å². The lowest BCUT2D eigenvalue weighted by atomic mass is 10.1. The normalized spacial score (nSPS) is 11.4. The number of rotatable bonds is 8. The van der Waals surface area contributed by atoms with Gasteiger partial charge in [-0.1, -0.05) is 12.1 Å². The zero-order chi connectivity index (χ0) is 20.9. The fourth-order valence-corrected chi connectivity index (χ4v) is 3.20. The fraction of sp³-hybridized carbons (Fsp3) is 0.316. The number of halogens is 2. The van der Waals surface area contributed by atoms with Crippen molar-refractivity contribution in [1.82, 2.24) is 5.32 Å². The van der Waals surface area contributed by atoms with E-state index in [1.165, 1.54) is 25.3 Å². The molecule has 28 heavy (non-hydrogen) atoms. The molecule has 2 rings (SSSR count). The Hall–Kier alpha value is -2.68. The van der Waals surface area contributed by atoms with Crippen LogP contribution >= 0.6 is 0 Å². The minimum absolute atomic E-state index is 0.0708. The van der Waals surface area contributed by atoms with Gasteiger partial charge < -0.3 is 14.8 Å². The fourth-order valence-electron chi connectivity index (χ4n) is 2.55. The van der Waals surface area contributed by atoms with Crippen molar-refractivity contribution in [2.75, 3.05) is 19.9 Å². The maximum Gasteiger partial charge on any atom is 0.387 e. The quantitative estimate of drug-likeness (QED) is 0.720. The van der Waals surface area contributed by atoms with Gasteiger partial charge in [-0.2, -0.15) is 8.78 Å². The van der Waals surface area contributed by atoms with Crippen molar-refractivity contribution in [3.05, 3.63) is 53.1 Å². The minimum atomic E-state index is -3.42. The van der Waals surface area contributed by atoms with E-state index in [1.807, 2.05) is 0 Å². The van der Waals surface area contributed by atoms with Crippen LogP contribution in [-0.4, -0.2) is 40.8 Å². The molecular formula is C19H21F2NO5S. The van der Waals surface area contributed by atoms with E-state index in [0.29, 0.717) is 12.0 Å². The lowest BCUT2D eigenvalue weighted by molar-refractivity contribution is -0.0512. The smallest absolute Gasteiger partial charge is 0.387 e. The Morgan fingerprint density at radius 1 is 1.14 bits per heavy atom. The van der Waals surface area contributed by atoms with Crippen LogP contribution in [0.5, 0.6) is 11.5 Å². The summed E-state index contributed by atoms with van der Waals surface area (Å²) in [6.45, 7) is -0.974. The molecular weight excluding hydrogens is 392 g/mol. The van der Waals surface area contributed by atoms with Crippen LogP contribution in [0, 0.1) is 6.92 Å². The highest BCUT2D eigenvalue weighted by atomic mass is 32.2. The number of hydrogen-bond acceptors (Lipinski definition) is 5. The van der Waals surface area contributed by atoms with Crippen LogP contribution in [0.3, 0.4) is 0 Å². The average Bonchev–Trinajstić information content (AvgIpc) is 2.61. The molecule has 0 fully saturated rings. The monoisotopic (exact) mass is 413 g/mol. The van der Waals surface area contributed by atoms with Crippen LogP contribution in [0.4, 0.5) is 8.78 Å². The van der Waals surface area contributed by atoms with E-state index in [9.17, 15) is 22.0 Å². The standard InChI is InChI=1S/C19H21F2NO5S/c1-12-4-6-14(28(3,24)25)11-15(12)18(23)22-9-8-13-5-7-16(27-19(20)21)17(10-13)26-2/h4-7,10-11,19H,8-9H2,1-3H3,(H,22,23). The van der Waals surface area contributed by atoms with E-state index < -0.39 is 22.4 Å². The molecule has 0 heterocycles. The number of alkyl halides is 2. The summed E-state index contributed by atoms with van der Waals surface area (Å²) in [6, 6.07) is 8.91. The van der Waals surface area contributed by atoms with Crippen molar-refractivity contribution >= 4 is 15.7 Å². The molecule has 0 aliphatic heterocycles. The number of sulfone groups is 1. The van der Waals surface area contributed by atoms with E-state index in [4.69, 9.17) is 4.74 Å². The second-order valence-corrected chi connectivity index (χ2v) is 8.13. The summed E-state index contributed by atoms with van der Waals surface area (Å²) in [5, 5.41) is 2.73. The first-order valence-corrected chi connectivity index (χ1v) is 10.2. The Bertz CT molecular complexity index is 961. The van der Waals surface area contributed by atoms with Gasteiger partial charge in [0, 0.05) is 18.4 Å². The molecule has 2 aromatic rings. The van der Waals surface area contributed by atoms with Gasteiger partial charge in [0.25, 0.3) is 5.91 Å². The van der Waals surface area contributed by atoms with Crippen molar-refractivity contribution in [2.24, 2.45) is 0 Å². The molecule has 2 aromatic carbocycles. The van der Waals surface area contributed by atoms with Crippen LogP contribution in [0.1, 0.15) is 21.5 Å². The number of methoxy groups -OCH3 is 1. The van der Waals surface area contributed by atoms with Crippen molar-refractivity contribution in [1.29, 1.82) is 0 Å². The summed E-state index contributed by atoms with van der Waals surface area (Å²) in [5.41, 5.74) is 1.68. The summed E-state index contributed by atoms with van der Waals surface area (Å²) >= 11 is 0. The highest BCUT2D eigenvalue weighted by Gasteiger charge is 2.15. The summed E-state index contributed by atoms with van der Waals surface area (Å²) in [4.78, 5) is 12.5. The minimum Gasteiger partial charge on any atom is -0.493 e. The third kappa shape index (κ3) is 5.66. The molecule has 152 valence electrons. The van der Waals surface area contributed by atoms with Crippen LogP contribution in [0.25, 0.3) is 0 Å². The van der Waals surface area contributed by atoms with Gasteiger partial charge in [-0.25, -0.2) is 8.42 Å². The Kier molecular flexibility index (Phi) is 6.95. The molecule has 0 spiro atoms. The zero-order valence-corrected chi connectivity index (χ0v) is 16.5. The third-order valence-electron chi connectivity index (χ3n) is 4.03. The number of carbonyl (C=O) groups is 1. The molecule has 0 radical (unpaired) electrons. The SMILES string of the molecule is COc1cc(CCNC(=O)c2cc(S(C)(=O)=O)ccc2C)ccc1OC(F)F. The third-order valence-corrected chi connectivity index (χ3v) is 5.14. The van der Waals surface area contributed by atoms with E-state index in [-0.39, 0.29) is 28.5 Å². The van der Waals surface area contributed by atoms with E-state index in [1.54, 1.807) is 25.1 Å². The predicted octanol–water partition coefficient (Wildman–Crippen LogP) is 2.98. The molecule has 0 saturated heterocycles. The van der Waals surface area contributed by atoms with Crippen molar-refractivity contribution < 1.29 is 31.5 Å². The maximum absolute atomic E-state index is 12.4. The van der Waals surface area contributed by atoms with Gasteiger partial charge in [0.1, 0.15) is 0 Å². The van der Waals surface area contributed by atoms with Crippen molar-refractivity contribution in [2.45, 2.75) is 24.9 Å². The first-order valence-electron chi connectivity index (χ1n) is 8.32. The van der Waals surface area contributed by atoms with Crippen molar-refractivity contribution in [3.63, 3.8) is 0 Å². The molecule has 1 amide bonds. The molecule has 0 aromatic heterocycles. The van der Waals surface area contributed by atoms with Gasteiger partial charge in [-0.05, 0) is 48.7 Å². The van der Waals surface area contributed by atoms with E-state index >= 15 is 0 Å². The number of aryl methyl sites for hydroxylation is 1. The summed E-state index contributed by atoms with van der Waals surface area (Å²) < 4.78 is 57.5. The zero-order valence-electron chi connectivity index (χ0n) is 15.7. The lowest BCUT2D eigenvalue weighted by Gasteiger charge is -2.12. The van der Waals surface area contributed by atoms with Crippen LogP contribution in [0.15, 0.2) is 41.3 Å². The molecule has 0 aliphatic carbocycles. The second kappa shape index (κ2) is 9.01. The number of benzene rings is 2. The molecule has 0 aliphatic rings.